The number of piperidine rings is 1. The van der Waals surface area contributed by atoms with Gasteiger partial charge in [-0.3, -0.25) is 9.59 Å². The van der Waals surface area contributed by atoms with Crippen molar-refractivity contribution in [3.8, 4) is 5.75 Å². The van der Waals surface area contributed by atoms with Gasteiger partial charge in [0.05, 0.1) is 0 Å². The summed E-state index contributed by atoms with van der Waals surface area (Å²) in [6, 6.07) is 17.5. The normalized spacial score (nSPS) is 14.8. The molecule has 2 amide bonds. The first kappa shape index (κ1) is 19.7. The zero-order chi connectivity index (χ0) is 19.8. The fraction of sp³-hybridized carbons (Fsp3) is 0.304. The average Bonchev–Trinajstić information content (AvgIpc) is 2.73. The maximum Gasteiger partial charge on any atom is 0.260 e. The van der Waals surface area contributed by atoms with Gasteiger partial charge in [-0.15, -0.1) is 0 Å². The molecule has 2 aromatic carbocycles. The Morgan fingerprint density at radius 3 is 2.43 bits per heavy atom. The summed E-state index contributed by atoms with van der Waals surface area (Å²) in [5, 5.41) is 3.02. The molecule has 0 spiro atoms. The van der Waals surface area contributed by atoms with Gasteiger partial charge in [0.25, 0.3) is 5.91 Å². The minimum Gasteiger partial charge on any atom is -0.484 e. The van der Waals surface area contributed by atoms with E-state index < -0.39 is 0 Å². The molecule has 0 saturated carbocycles. The lowest BCUT2D eigenvalue weighted by Gasteiger charge is -2.32. The zero-order valence-electron chi connectivity index (χ0n) is 16.1. The van der Waals surface area contributed by atoms with E-state index in [-0.39, 0.29) is 24.5 Å². The lowest BCUT2D eigenvalue weighted by Crippen LogP contribution is -2.47. The summed E-state index contributed by atoms with van der Waals surface area (Å²) < 4.78 is 5.57. The molecule has 5 nitrogen and oxygen atoms in total. The Balaban J connectivity index is 1.38. The Hall–Kier alpha value is -3.08. The zero-order valence-corrected chi connectivity index (χ0v) is 16.1. The van der Waals surface area contributed by atoms with Crippen LogP contribution >= 0.6 is 0 Å². The molecule has 1 fully saturated rings. The van der Waals surface area contributed by atoms with Gasteiger partial charge in [0.2, 0.25) is 5.91 Å². The second-order valence-electron chi connectivity index (χ2n) is 7.01. The van der Waals surface area contributed by atoms with Crippen molar-refractivity contribution in [3.05, 3.63) is 71.8 Å². The molecule has 0 bridgehead atoms. The summed E-state index contributed by atoms with van der Waals surface area (Å²) in [7, 11) is 0. The first-order valence-corrected chi connectivity index (χ1v) is 9.61. The van der Waals surface area contributed by atoms with E-state index in [9.17, 15) is 9.59 Å². The Bertz CT molecular complexity index is 808. The largest absolute Gasteiger partial charge is 0.484 e. The van der Waals surface area contributed by atoms with E-state index in [4.69, 9.17) is 4.74 Å². The highest BCUT2D eigenvalue weighted by atomic mass is 16.5. The fourth-order valence-electron chi connectivity index (χ4n) is 3.13. The van der Waals surface area contributed by atoms with Gasteiger partial charge in [-0.2, -0.15) is 0 Å². The van der Waals surface area contributed by atoms with Gasteiger partial charge in [0.1, 0.15) is 5.75 Å². The van der Waals surface area contributed by atoms with Crippen LogP contribution in [0.3, 0.4) is 0 Å². The molecule has 2 aromatic rings. The van der Waals surface area contributed by atoms with Crippen LogP contribution in [0.15, 0.2) is 60.7 Å². The van der Waals surface area contributed by atoms with Crippen molar-refractivity contribution >= 4 is 17.9 Å². The second kappa shape index (κ2) is 9.74. The predicted octanol–water partition coefficient (Wildman–Crippen LogP) is 3.19. The molecule has 3 rings (SSSR count). The van der Waals surface area contributed by atoms with Gasteiger partial charge in [0, 0.05) is 25.2 Å². The van der Waals surface area contributed by atoms with E-state index in [1.807, 2.05) is 61.5 Å². The van der Waals surface area contributed by atoms with Crippen LogP contribution in [0.5, 0.6) is 5.75 Å². The highest BCUT2D eigenvalue weighted by Crippen LogP contribution is 2.14. The standard InChI is InChI=1S/C23H26N2O3/c1-18-7-10-21(11-8-18)28-17-23(27)25-15-13-20(14-16-25)24-22(26)12-9-19-5-3-2-4-6-19/h2-12,20H,13-17H2,1H3,(H,24,26)/b12-9+. The van der Waals surface area contributed by atoms with Crippen LogP contribution in [-0.2, 0) is 9.59 Å². The van der Waals surface area contributed by atoms with Crippen molar-refractivity contribution in [2.24, 2.45) is 0 Å². The quantitative estimate of drug-likeness (QED) is 0.786. The molecule has 1 saturated heterocycles. The average molecular weight is 378 g/mol. The lowest BCUT2D eigenvalue weighted by molar-refractivity contribution is -0.134. The Morgan fingerprint density at radius 1 is 1.07 bits per heavy atom. The molecule has 1 heterocycles. The minimum absolute atomic E-state index is 0.0191. The third-order valence-electron chi connectivity index (χ3n) is 4.80. The van der Waals surface area contributed by atoms with Crippen LogP contribution < -0.4 is 10.1 Å². The number of aryl methyl sites for hydroxylation is 1. The molecule has 1 aliphatic heterocycles. The number of nitrogens with one attached hydrogen (secondary N) is 1. The van der Waals surface area contributed by atoms with Crippen LogP contribution in [0.25, 0.3) is 6.08 Å². The van der Waals surface area contributed by atoms with E-state index >= 15 is 0 Å². The molecule has 0 unspecified atom stereocenters. The summed E-state index contributed by atoms with van der Waals surface area (Å²) in [5.41, 5.74) is 2.15. The molecule has 0 aromatic heterocycles. The molecule has 0 atom stereocenters. The number of benzene rings is 2. The van der Waals surface area contributed by atoms with Crippen LogP contribution in [-0.4, -0.2) is 42.5 Å². The Labute approximate surface area is 166 Å². The molecule has 28 heavy (non-hydrogen) atoms. The molecular formula is C23H26N2O3. The molecule has 1 N–H and O–H groups in total. The summed E-state index contributed by atoms with van der Waals surface area (Å²) in [6.45, 7) is 3.31. The topological polar surface area (TPSA) is 58.6 Å². The number of rotatable bonds is 6. The summed E-state index contributed by atoms with van der Waals surface area (Å²) in [5.74, 6) is 0.581. The number of likely N-dealkylation sites (tertiary alicyclic amines) is 1. The van der Waals surface area contributed by atoms with E-state index in [1.165, 1.54) is 0 Å². The highest BCUT2D eigenvalue weighted by Gasteiger charge is 2.23. The van der Waals surface area contributed by atoms with Crippen molar-refractivity contribution in [2.75, 3.05) is 19.7 Å². The SMILES string of the molecule is Cc1ccc(OCC(=O)N2CCC(NC(=O)/C=C/c3ccccc3)CC2)cc1. The van der Waals surface area contributed by atoms with Crippen molar-refractivity contribution in [2.45, 2.75) is 25.8 Å². The Morgan fingerprint density at radius 2 is 1.75 bits per heavy atom. The summed E-state index contributed by atoms with van der Waals surface area (Å²) in [4.78, 5) is 26.2. The smallest absolute Gasteiger partial charge is 0.260 e. The second-order valence-corrected chi connectivity index (χ2v) is 7.01. The van der Waals surface area contributed by atoms with E-state index in [0.29, 0.717) is 18.8 Å². The van der Waals surface area contributed by atoms with Crippen LogP contribution in [0.1, 0.15) is 24.0 Å². The van der Waals surface area contributed by atoms with Gasteiger partial charge in [-0.25, -0.2) is 0 Å². The van der Waals surface area contributed by atoms with E-state index in [2.05, 4.69) is 5.32 Å². The van der Waals surface area contributed by atoms with Gasteiger partial charge in [0.15, 0.2) is 6.61 Å². The van der Waals surface area contributed by atoms with Crippen molar-refractivity contribution < 1.29 is 14.3 Å². The summed E-state index contributed by atoms with van der Waals surface area (Å²) in [6.07, 6.45) is 4.86. The number of hydrogen-bond acceptors (Lipinski definition) is 3. The lowest BCUT2D eigenvalue weighted by atomic mass is 10.0. The van der Waals surface area contributed by atoms with Crippen LogP contribution in [0.4, 0.5) is 0 Å². The molecular weight excluding hydrogens is 352 g/mol. The highest BCUT2D eigenvalue weighted by molar-refractivity contribution is 5.91. The first-order valence-electron chi connectivity index (χ1n) is 9.61. The molecule has 0 aliphatic carbocycles. The van der Waals surface area contributed by atoms with Gasteiger partial charge < -0.3 is 15.0 Å². The molecule has 5 heteroatoms. The Kier molecular flexibility index (Phi) is 6.84. The van der Waals surface area contributed by atoms with Gasteiger partial charge >= 0.3 is 0 Å². The minimum atomic E-state index is -0.101. The number of amides is 2. The predicted molar refractivity (Wildman–Crippen MR) is 110 cm³/mol. The third-order valence-corrected chi connectivity index (χ3v) is 4.80. The number of carbonyl (C=O) groups excluding carboxylic acids is 2. The van der Waals surface area contributed by atoms with Crippen LogP contribution in [0.2, 0.25) is 0 Å². The number of ether oxygens (including phenoxy) is 1. The molecule has 146 valence electrons. The maximum absolute atomic E-state index is 12.3. The number of carbonyl (C=O) groups is 2. The molecule has 0 radical (unpaired) electrons. The number of nitrogens with zero attached hydrogens (tertiary/aromatic N) is 1. The van der Waals surface area contributed by atoms with Gasteiger partial charge in [-0.1, -0.05) is 48.0 Å². The fourth-order valence-corrected chi connectivity index (χ4v) is 3.13. The van der Waals surface area contributed by atoms with E-state index in [1.54, 1.807) is 17.1 Å². The molecule has 1 aliphatic rings. The first-order chi connectivity index (χ1) is 13.6. The van der Waals surface area contributed by atoms with Gasteiger partial charge in [-0.05, 0) is 43.5 Å². The monoisotopic (exact) mass is 378 g/mol. The van der Waals surface area contributed by atoms with Crippen molar-refractivity contribution in [1.82, 2.24) is 10.2 Å². The van der Waals surface area contributed by atoms with E-state index in [0.717, 1.165) is 24.0 Å². The van der Waals surface area contributed by atoms with Crippen molar-refractivity contribution in [1.29, 1.82) is 0 Å². The van der Waals surface area contributed by atoms with Crippen LogP contribution in [0, 0.1) is 6.92 Å². The number of hydrogen-bond donors (Lipinski definition) is 1. The summed E-state index contributed by atoms with van der Waals surface area (Å²) >= 11 is 0. The third kappa shape index (κ3) is 5.98. The van der Waals surface area contributed by atoms with Crippen molar-refractivity contribution in [3.63, 3.8) is 0 Å². The maximum atomic E-state index is 12.3.